The molecule has 0 aromatic heterocycles. The molecule has 0 aromatic rings. The van der Waals surface area contributed by atoms with Gasteiger partial charge in [0.05, 0.1) is 0 Å². The quantitative estimate of drug-likeness (QED) is 0.707. The van der Waals surface area contributed by atoms with E-state index in [4.69, 9.17) is 5.11 Å². The Kier molecular flexibility index (Phi) is 6.60. The molecule has 0 unspecified atom stereocenters. The summed E-state index contributed by atoms with van der Waals surface area (Å²) >= 11 is 0. The van der Waals surface area contributed by atoms with Gasteiger partial charge >= 0.3 is 5.97 Å². The average molecular weight is 419 g/mol. The number of carbonyl (C=O) groups excluding carboxylic acids is 3. The van der Waals surface area contributed by atoms with Crippen molar-refractivity contribution < 1.29 is 24.3 Å². The third-order valence-corrected chi connectivity index (χ3v) is 8.89. The van der Waals surface area contributed by atoms with Crippen LogP contribution in [0, 0.1) is 40.4 Å². The van der Waals surface area contributed by atoms with Gasteiger partial charge < -0.3 is 5.11 Å². The van der Waals surface area contributed by atoms with Crippen LogP contribution in [-0.4, -0.2) is 28.4 Å². The first-order chi connectivity index (χ1) is 14.0. The van der Waals surface area contributed by atoms with Gasteiger partial charge in [-0.1, -0.05) is 34.1 Å². The molecular formula is C25H38O5. The summed E-state index contributed by atoms with van der Waals surface area (Å²) in [6.07, 6.45) is 7.40. The summed E-state index contributed by atoms with van der Waals surface area (Å²) in [5.41, 5.74) is -0.226. The fraction of sp³-hybridized carbons (Fsp3) is 0.840. The molecule has 168 valence electrons. The Morgan fingerprint density at radius 3 is 2.37 bits per heavy atom. The maximum atomic E-state index is 12.9. The van der Waals surface area contributed by atoms with Crippen LogP contribution in [0.5, 0.6) is 0 Å². The summed E-state index contributed by atoms with van der Waals surface area (Å²) in [5.74, 6) is 1.58. The lowest BCUT2D eigenvalue weighted by Crippen LogP contribution is -2.58. The van der Waals surface area contributed by atoms with E-state index in [0.717, 1.165) is 32.1 Å². The number of Topliss-reactive ketones (excluding diaryl/α,β-unsaturated/α-hetero) is 3. The van der Waals surface area contributed by atoms with Crippen LogP contribution in [0.25, 0.3) is 0 Å². The molecule has 4 aliphatic carbocycles. The highest BCUT2D eigenvalue weighted by atomic mass is 16.4. The smallest absolute Gasteiger partial charge is 0.303 e. The highest BCUT2D eigenvalue weighted by molar-refractivity contribution is 5.92. The van der Waals surface area contributed by atoms with Crippen LogP contribution in [0.1, 0.15) is 91.9 Å². The first kappa shape index (κ1) is 23.1. The molecule has 0 saturated heterocycles. The summed E-state index contributed by atoms with van der Waals surface area (Å²) in [4.78, 5) is 47.5. The number of hydrogen-bond acceptors (Lipinski definition) is 4. The molecule has 0 aromatic carbocycles. The van der Waals surface area contributed by atoms with Gasteiger partial charge in [0, 0.05) is 43.4 Å². The number of aliphatic carboxylic acids is 1. The topological polar surface area (TPSA) is 88.5 Å². The maximum Gasteiger partial charge on any atom is 0.303 e. The Bertz CT molecular complexity index is 725. The Hall–Kier alpha value is -1.52. The van der Waals surface area contributed by atoms with Gasteiger partial charge in [-0.25, -0.2) is 0 Å². The van der Waals surface area contributed by atoms with Crippen molar-refractivity contribution in [2.24, 2.45) is 40.4 Å². The number of carboxylic acids is 1. The van der Waals surface area contributed by atoms with E-state index in [9.17, 15) is 19.2 Å². The van der Waals surface area contributed by atoms with E-state index in [2.05, 4.69) is 13.8 Å². The summed E-state index contributed by atoms with van der Waals surface area (Å²) in [7, 11) is 0. The number of hydrogen-bond donors (Lipinski definition) is 1. The molecule has 5 heteroatoms. The van der Waals surface area contributed by atoms with Crippen molar-refractivity contribution in [3.8, 4) is 0 Å². The lowest BCUT2D eigenvalue weighted by molar-refractivity contribution is -0.163. The zero-order valence-corrected chi connectivity index (χ0v) is 19.0. The number of ketones is 3. The number of rotatable bonds is 3. The Balaban J connectivity index is 0.000000275. The third kappa shape index (κ3) is 4.13. The van der Waals surface area contributed by atoms with E-state index in [1.165, 1.54) is 0 Å². The van der Waals surface area contributed by atoms with Gasteiger partial charge in [0.2, 0.25) is 0 Å². The minimum Gasteiger partial charge on any atom is -0.481 e. The maximum absolute atomic E-state index is 12.9. The van der Waals surface area contributed by atoms with Crippen molar-refractivity contribution in [2.75, 3.05) is 0 Å². The lowest BCUT2D eigenvalue weighted by Gasteiger charge is -2.58. The SMILES string of the molecule is CC(C)CCC(=O)O.C[C@]12CCC(=O)C[C@H]1CC(=O)[C@@H]1[C@@H]2CC(=O)[C@]2(C)CCC[C@@H]12. The molecular weight excluding hydrogens is 380 g/mol. The fourth-order valence-corrected chi connectivity index (χ4v) is 6.86. The van der Waals surface area contributed by atoms with Crippen molar-refractivity contribution >= 4 is 23.3 Å². The van der Waals surface area contributed by atoms with Gasteiger partial charge in [0.15, 0.2) is 0 Å². The Morgan fingerprint density at radius 2 is 1.77 bits per heavy atom. The van der Waals surface area contributed by atoms with Gasteiger partial charge in [-0.3, -0.25) is 19.2 Å². The van der Waals surface area contributed by atoms with Crippen molar-refractivity contribution in [3.05, 3.63) is 0 Å². The Morgan fingerprint density at radius 1 is 1.07 bits per heavy atom. The second-order valence-electron chi connectivity index (χ2n) is 11.1. The van der Waals surface area contributed by atoms with Gasteiger partial charge in [-0.2, -0.15) is 0 Å². The van der Waals surface area contributed by atoms with Crippen LogP contribution in [0.15, 0.2) is 0 Å². The normalized spacial score (nSPS) is 40.2. The second-order valence-corrected chi connectivity index (χ2v) is 11.1. The molecule has 0 radical (unpaired) electrons. The molecule has 30 heavy (non-hydrogen) atoms. The molecule has 4 aliphatic rings. The highest BCUT2D eigenvalue weighted by Crippen LogP contribution is 2.63. The summed E-state index contributed by atoms with van der Waals surface area (Å²) < 4.78 is 0. The van der Waals surface area contributed by atoms with Crippen LogP contribution in [-0.2, 0) is 19.2 Å². The van der Waals surface area contributed by atoms with Gasteiger partial charge in [0.25, 0.3) is 0 Å². The molecule has 0 spiro atoms. The van der Waals surface area contributed by atoms with Gasteiger partial charge in [-0.05, 0) is 54.8 Å². The first-order valence-electron chi connectivity index (χ1n) is 11.8. The molecule has 0 bridgehead atoms. The minimum absolute atomic E-state index is 0.0199. The monoisotopic (exact) mass is 418 g/mol. The molecule has 0 heterocycles. The standard InChI is InChI=1S/C19H26O3.C6H12O2/c1-18-7-5-12(20)8-11(18)9-15(21)17-13-4-3-6-19(13,2)16(22)10-14(17)18;1-5(2)3-4-6(7)8/h11,13-14,17H,3-10H2,1-2H3;5H,3-4H2,1-2H3,(H,7,8)/t11-,13-,14-,17-,18-,19+;/m0./s1. The van der Waals surface area contributed by atoms with Crippen LogP contribution >= 0.6 is 0 Å². The second kappa shape index (κ2) is 8.55. The summed E-state index contributed by atoms with van der Waals surface area (Å²) in [5, 5.41) is 8.16. The van der Waals surface area contributed by atoms with E-state index in [0.29, 0.717) is 55.4 Å². The minimum atomic E-state index is -0.696. The first-order valence-corrected chi connectivity index (χ1v) is 11.8. The highest BCUT2D eigenvalue weighted by Gasteiger charge is 2.63. The molecule has 1 N–H and O–H groups in total. The van der Waals surface area contributed by atoms with Crippen LogP contribution < -0.4 is 0 Å². The van der Waals surface area contributed by atoms with E-state index >= 15 is 0 Å². The lowest BCUT2D eigenvalue weighted by atomic mass is 9.45. The van der Waals surface area contributed by atoms with E-state index in [1.807, 2.05) is 13.8 Å². The van der Waals surface area contributed by atoms with Crippen LogP contribution in [0.4, 0.5) is 0 Å². The fourth-order valence-electron chi connectivity index (χ4n) is 6.86. The Labute approximate surface area is 180 Å². The zero-order chi connectivity index (χ0) is 22.3. The molecule has 6 atom stereocenters. The van der Waals surface area contributed by atoms with Gasteiger partial charge in [-0.15, -0.1) is 0 Å². The molecule has 0 amide bonds. The average Bonchev–Trinajstić information content (AvgIpc) is 3.06. The predicted octanol–water partition coefficient (Wildman–Crippen LogP) is 4.85. The number of fused-ring (bicyclic) bond motifs is 5. The zero-order valence-electron chi connectivity index (χ0n) is 19.0. The molecule has 4 saturated carbocycles. The largest absolute Gasteiger partial charge is 0.481 e. The summed E-state index contributed by atoms with van der Waals surface area (Å²) in [6, 6.07) is 0. The molecule has 5 nitrogen and oxygen atoms in total. The molecule has 4 rings (SSSR count). The van der Waals surface area contributed by atoms with Crippen molar-refractivity contribution in [2.45, 2.75) is 91.9 Å². The van der Waals surface area contributed by atoms with Crippen LogP contribution in [0.2, 0.25) is 0 Å². The number of carbonyl (C=O) groups is 4. The summed E-state index contributed by atoms with van der Waals surface area (Å²) in [6.45, 7) is 8.40. The van der Waals surface area contributed by atoms with E-state index in [-0.39, 0.29) is 34.5 Å². The molecule has 0 aliphatic heterocycles. The molecule has 4 fully saturated rings. The predicted molar refractivity (Wildman–Crippen MR) is 114 cm³/mol. The van der Waals surface area contributed by atoms with Crippen LogP contribution in [0.3, 0.4) is 0 Å². The number of carboxylic acid groups (broad SMARTS) is 1. The van der Waals surface area contributed by atoms with Crippen molar-refractivity contribution in [1.29, 1.82) is 0 Å². The van der Waals surface area contributed by atoms with Crippen molar-refractivity contribution in [3.63, 3.8) is 0 Å². The van der Waals surface area contributed by atoms with E-state index < -0.39 is 5.97 Å². The van der Waals surface area contributed by atoms with Gasteiger partial charge in [0.1, 0.15) is 17.3 Å². The van der Waals surface area contributed by atoms with E-state index in [1.54, 1.807) is 0 Å². The third-order valence-electron chi connectivity index (χ3n) is 8.89. The van der Waals surface area contributed by atoms with Crippen molar-refractivity contribution in [1.82, 2.24) is 0 Å².